The van der Waals surface area contributed by atoms with E-state index in [2.05, 4.69) is 12.1 Å². The number of benzene rings is 2. The largest absolute Gasteiger partial charge is 0.482 e. The molecule has 0 spiro atoms. The number of Topliss-reactive ketones (excluding diaryl/α,β-unsaturated/α-hetero) is 1. The summed E-state index contributed by atoms with van der Waals surface area (Å²) in [6.45, 7) is -0.534. The summed E-state index contributed by atoms with van der Waals surface area (Å²) in [6, 6.07) is 18.8. The van der Waals surface area contributed by atoms with Gasteiger partial charge in [0.05, 0.1) is 0 Å². The SMILES string of the molecule is O=C(C[C@@H](CCCSCc1ccccc1)N1CC([N+](=O)[O-])([N+](=O)[O-])C1)c1ccccc1. The summed E-state index contributed by atoms with van der Waals surface area (Å²) in [5.74, 6) is 1.72. The summed E-state index contributed by atoms with van der Waals surface area (Å²) in [5.41, 5.74) is -0.329. The van der Waals surface area contributed by atoms with Crippen molar-refractivity contribution < 1.29 is 14.6 Å². The lowest BCUT2D eigenvalue weighted by molar-refractivity contribution is -0.811. The maximum absolute atomic E-state index is 12.7. The number of likely N-dealkylation sites (tertiary alicyclic amines) is 1. The Morgan fingerprint density at radius 3 is 2.16 bits per heavy atom. The van der Waals surface area contributed by atoms with Crippen LogP contribution in [0.15, 0.2) is 60.7 Å². The topological polar surface area (TPSA) is 107 Å². The average Bonchev–Trinajstić information content (AvgIpc) is 2.73. The van der Waals surface area contributed by atoms with Gasteiger partial charge in [-0.2, -0.15) is 11.8 Å². The minimum absolute atomic E-state index is 0.0535. The highest BCUT2D eigenvalue weighted by Crippen LogP contribution is 2.30. The molecule has 31 heavy (non-hydrogen) atoms. The number of hydrogen-bond acceptors (Lipinski definition) is 7. The van der Waals surface area contributed by atoms with Gasteiger partial charge < -0.3 is 0 Å². The van der Waals surface area contributed by atoms with Crippen LogP contribution in [0.4, 0.5) is 0 Å². The molecular weight excluding hydrogens is 418 g/mol. The van der Waals surface area contributed by atoms with Crippen molar-refractivity contribution in [3.05, 3.63) is 92.0 Å². The molecule has 2 aromatic rings. The van der Waals surface area contributed by atoms with E-state index in [4.69, 9.17) is 0 Å². The number of carbonyl (C=O) groups is 1. The van der Waals surface area contributed by atoms with E-state index in [1.165, 1.54) is 5.56 Å². The number of thioether (sulfide) groups is 1. The Bertz CT molecular complexity index is 888. The van der Waals surface area contributed by atoms with E-state index in [0.717, 1.165) is 17.9 Å². The Kier molecular flexibility index (Phi) is 7.75. The molecule has 1 saturated heterocycles. The Morgan fingerprint density at radius 1 is 1.00 bits per heavy atom. The maximum atomic E-state index is 12.7. The smallest absolute Gasteiger partial charge is 0.294 e. The molecule has 8 nitrogen and oxygen atoms in total. The van der Waals surface area contributed by atoms with Gasteiger partial charge in [-0.15, -0.1) is 0 Å². The first kappa shape index (κ1) is 22.9. The van der Waals surface area contributed by atoms with Gasteiger partial charge in [-0.05, 0) is 24.2 Å². The quantitative estimate of drug-likeness (QED) is 0.161. The van der Waals surface area contributed by atoms with E-state index >= 15 is 0 Å². The van der Waals surface area contributed by atoms with Crippen LogP contribution in [0.3, 0.4) is 0 Å². The average molecular weight is 444 g/mol. The third-order valence-corrected chi connectivity index (χ3v) is 6.68. The van der Waals surface area contributed by atoms with Gasteiger partial charge in [0.2, 0.25) is 0 Å². The molecule has 1 fully saturated rings. The van der Waals surface area contributed by atoms with E-state index in [1.807, 2.05) is 24.3 Å². The molecule has 0 saturated carbocycles. The molecule has 0 amide bonds. The Labute approximate surface area is 184 Å². The molecule has 3 rings (SSSR count). The van der Waals surface area contributed by atoms with Crippen molar-refractivity contribution in [1.82, 2.24) is 4.90 Å². The fraction of sp³-hybridized carbons (Fsp3) is 0.409. The van der Waals surface area contributed by atoms with Crippen molar-refractivity contribution >= 4 is 17.5 Å². The second-order valence-corrected chi connectivity index (χ2v) is 8.83. The highest BCUT2D eigenvalue weighted by atomic mass is 32.2. The molecule has 1 heterocycles. The molecule has 0 aliphatic carbocycles. The lowest BCUT2D eigenvalue weighted by Crippen LogP contribution is -2.72. The van der Waals surface area contributed by atoms with Crippen molar-refractivity contribution in [2.24, 2.45) is 0 Å². The number of ketones is 1. The standard InChI is InChI=1S/C22H25N3O5S/c26-21(19-10-5-2-6-11-19)14-20(23-16-22(17-23,24(27)28)25(29)30)12-7-13-31-15-18-8-3-1-4-9-18/h1-6,8-11,20H,7,12-17H2/t20-/m1/s1. The molecule has 0 unspecified atom stereocenters. The third kappa shape index (κ3) is 5.68. The normalized spacial score (nSPS) is 16.3. The van der Waals surface area contributed by atoms with Crippen LogP contribution >= 0.6 is 11.8 Å². The molecule has 1 aliphatic rings. The first-order valence-electron chi connectivity index (χ1n) is 10.2. The van der Waals surface area contributed by atoms with Gasteiger partial charge >= 0.3 is 5.66 Å². The summed E-state index contributed by atoms with van der Waals surface area (Å²) in [6.07, 6.45) is 1.68. The van der Waals surface area contributed by atoms with Crippen molar-refractivity contribution in [3.63, 3.8) is 0 Å². The minimum atomic E-state index is -2.16. The summed E-state index contributed by atoms with van der Waals surface area (Å²) in [7, 11) is 0. The second kappa shape index (κ2) is 10.5. The summed E-state index contributed by atoms with van der Waals surface area (Å²) in [5, 5.41) is 22.5. The predicted octanol–water partition coefficient (Wildman–Crippen LogP) is 3.91. The van der Waals surface area contributed by atoms with Gasteiger partial charge in [-0.25, -0.2) is 0 Å². The van der Waals surface area contributed by atoms with E-state index in [9.17, 15) is 25.0 Å². The van der Waals surface area contributed by atoms with Crippen LogP contribution in [-0.2, 0) is 5.75 Å². The lowest BCUT2D eigenvalue weighted by Gasteiger charge is -2.41. The molecule has 1 atom stereocenters. The van der Waals surface area contributed by atoms with Gasteiger partial charge in [0, 0.05) is 23.8 Å². The summed E-state index contributed by atoms with van der Waals surface area (Å²) < 4.78 is 0. The van der Waals surface area contributed by atoms with Crippen LogP contribution in [0.2, 0.25) is 0 Å². The highest BCUT2D eigenvalue weighted by molar-refractivity contribution is 7.98. The van der Waals surface area contributed by atoms with Crippen molar-refractivity contribution in [3.8, 4) is 0 Å². The van der Waals surface area contributed by atoms with Crippen LogP contribution in [-0.4, -0.2) is 51.1 Å². The van der Waals surface area contributed by atoms with E-state index in [1.54, 1.807) is 40.9 Å². The first-order chi connectivity index (χ1) is 14.9. The van der Waals surface area contributed by atoms with Crippen LogP contribution in [0.25, 0.3) is 0 Å². The molecule has 2 aromatic carbocycles. The van der Waals surface area contributed by atoms with Gasteiger partial charge in [0.1, 0.15) is 22.9 Å². The Hall–Kier alpha value is -2.78. The van der Waals surface area contributed by atoms with Gasteiger partial charge in [0.25, 0.3) is 0 Å². The number of carbonyl (C=O) groups excluding carboxylic acids is 1. The molecule has 0 bridgehead atoms. The number of hydrogen-bond donors (Lipinski definition) is 0. The minimum Gasteiger partial charge on any atom is -0.294 e. The fourth-order valence-corrected chi connectivity index (χ4v) is 4.66. The summed E-state index contributed by atoms with van der Waals surface area (Å²) in [4.78, 5) is 35.3. The number of nitro groups is 2. The molecule has 9 heteroatoms. The molecule has 164 valence electrons. The van der Waals surface area contributed by atoms with Crippen LogP contribution in [0.5, 0.6) is 0 Å². The number of nitrogens with zero attached hydrogens (tertiary/aromatic N) is 3. The van der Waals surface area contributed by atoms with E-state index in [0.29, 0.717) is 12.0 Å². The fourth-order valence-electron chi connectivity index (χ4n) is 3.71. The zero-order valence-corrected chi connectivity index (χ0v) is 17.9. The van der Waals surface area contributed by atoms with E-state index in [-0.39, 0.29) is 31.3 Å². The first-order valence-corrected chi connectivity index (χ1v) is 11.3. The zero-order valence-electron chi connectivity index (χ0n) is 17.1. The maximum Gasteiger partial charge on any atom is 0.482 e. The molecule has 0 radical (unpaired) electrons. The van der Waals surface area contributed by atoms with Crippen LogP contribution < -0.4 is 0 Å². The second-order valence-electron chi connectivity index (χ2n) is 7.73. The lowest BCUT2D eigenvalue weighted by atomic mass is 9.92. The summed E-state index contributed by atoms with van der Waals surface area (Å²) >= 11 is 1.79. The van der Waals surface area contributed by atoms with Crippen molar-refractivity contribution in [2.75, 3.05) is 18.8 Å². The van der Waals surface area contributed by atoms with Crippen LogP contribution in [0.1, 0.15) is 35.2 Å². The number of rotatable bonds is 12. The molecule has 0 N–H and O–H groups in total. The molecule has 0 aromatic heterocycles. The van der Waals surface area contributed by atoms with Gasteiger partial charge in [-0.3, -0.25) is 29.9 Å². The van der Waals surface area contributed by atoms with E-state index < -0.39 is 15.5 Å². The predicted molar refractivity (Wildman–Crippen MR) is 119 cm³/mol. The molecule has 1 aliphatic heterocycles. The van der Waals surface area contributed by atoms with Crippen LogP contribution in [0, 0.1) is 20.2 Å². The monoisotopic (exact) mass is 443 g/mol. The highest BCUT2D eigenvalue weighted by Gasteiger charge is 2.67. The van der Waals surface area contributed by atoms with Gasteiger partial charge in [0.15, 0.2) is 5.78 Å². The van der Waals surface area contributed by atoms with Crippen molar-refractivity contribution in [1.29, 1.82) is 0 Å². The van der Waals surface area contributed by atoms with Crippen molar-refractivity contribution in [2.45, 2.75) is 36.7 Å². The third-order valence-electron chi connectivity index (χ3n) is 5.56. The van der Waals surface area contributed by atoms with Gasteiger partial charge in [-0.1, -0.05) is 60.7 Å². The zero-order chi connectivity index (χ0) is 22.3. The molecular formula is C22H25N3O5S. The Morgan fingerprint density at radius 2 is 1.58 bits per heavy atom. The Balaban J connectivity index is 1.57.